The number of carbonyl (C=O) groups excluding carboxylic acids is 1. The standard InChI is InChI=1S/C31H30F3N3O3S/c1-21(10-11-22-6-3-2-4-7-22)35-30(38)26-19-41-29(36-26)18-37(16-23-8-5-9-25(14-23)31(32,33)34)17-24-12-13-27-28(15-24)40-20-39-27/h2-9,12-15,19,21H,10-11,16-18,20H2,1H3,(H,35,38)/t21-/m0/s1. The van der Waals surface area contributed by atoms with Crippen molar-refractivity contribution in [1.29, 1.82) is 0 Å². The Hall–Kier alpha value is -3.89. The van der Waals surface area contributed by atoms with Crippen LogP contribution in [0.4, 0.5) is 13.2 Å². The Morgan fingerprint density at radius 3 is 2.46 bits per heavy atom. The summed E-state index contributed by atoms with van der Waals surface area (Å²) in [4.78, 5) is 19.4. The molecule has 10 heteroatoms. The third-order valence-corrected chi connectivity index (χ3v) is 7.57. The van der Waals surface area contributed by atoms with Crippen molar-refractivity contribution in [3.63, 3.8) is 0 Å². The molecule has 214 valence electrons. The van der Waals surface area contributed by atoms with Crippen molar-refractivity contribution in [2.24, 2.45) is 0 Å². The number of rotatable bonds is 11. The van der Waals surface area contributed by atoms with Gasteiger partial charge in [-0.3, -0.25) is 9.69 Å². The monoisotopic (exact) mass is 581 g/mol. The minimum atomic E-state index is -4.42. The highest BCUT2D eigenvalue weighted by molar-refractivity contribution is 7.09. The molecule has 0 radical (unpaired) electrons. The predicted molar refractivity (Wildman–Crippen MR) is 151 cm³/mol. The van der Waals surface area contributed by atoms with Crippen molar-refractivity contribution in [1.82, 2.24) is 15.2 Å². The molecular formula is C31H30F3N3O3S. The summed E-state index contributed by atoms with van der Waals surface area (Å²) >= 11 is 1.35. The molecule has 0 aliphatic carbocycles. The molecule has 4 aromatic rings. The molecule has 0 unspecified atom stereocenters. The maximum absolute atomic E-state index is 13.3. The van der Waals surface area contributed by atoms with Crippen LogP contribution in [0.5, 0.6) is 11.5 Å². The molecule has 0 saturated heterocycles. The minimum Gasteiger partial charge on any atom is -0.454 e. The molecule has 1 atom stereocenters. The van der Waals surface area contributed by atoms with Gasteiger partial charge in [-0.1, -0.05) is 54.6 Å². The molecule has 1 N–H and O–H groups in total. The molecule has 0 fully saturated rings. The van der Waals surface area contributed by atoms with E-state index < -0.39 is 11.7 Å². The molecule has 2 heterocycles. The van der Waals surface area contributed by atoms with Gasteiger partial charge in [-0.15, -0.1) is 11.3 Å². The van der Waals surface area contributed by atoms with E-state index in [2.05, 4.69) is 22.4 Å². The summed E-state index contributed by atoms with van der Waals surface area (Å²) in [6.07, 6.45) is -2.77. The molecule has 0 spiro atoms. The van der Waals surface area contributed by atoms with Crippen LogP contribution in [0.15, 0.2) is 78.2 Å². The van der Waals surface area contributed by atoms with Crippen molar-refractivity contribution >= 4 is 17.2 Å². The zero-order valence-electron chi connectivity index (χ0n) is 22.5. The number of aromatic nitrogens is 1. The van der Waals surface area contributed by atoms with Crippen molar-refractivity contribution in [3.05, 3.63) is 111 Å². The Labute approximate surface area is 240 Å². The Morgan fingerprint density at radius 1 is 0.951 bits per heavy atom. The van der Waals surface area contributed by atoms with E-state index in [9.17, 15) is 18.0 Å². The van der Waals surface area contributed by atoms with Gasteiger partial charge in [0.15, 0.2) is 11.5 Å². The Bertz CT molecular complexity index is 1480. The number of alkyl halides is 3. The zero-order valence-corrected chi connectivity index (χ0v) is 23.3. The van der Waals surface area contributed by atoms with Crippen LogP contribution >= 0.6 is 11.3 Å². The maximum Gasteiger partial charge on any atom is 0.416 e. The molecule has 1 aromatic heterocycles. The van der Waals surface area contributed by atoms with Gasteiger partial charge in [0, 0.05) is 24.5 Å². The van der Waals surface area contributed by atoms with Crippen molar-refractivity contribution in [2.75, 3.05) is 6.79 Å². The first-order valence-corrected chi connectivity index (χ1v) is 14.2. The highest BCUT2D eigenvalue weighted by Crippen LogP contribution is 2.33. The topological polar surface area (TPSA) is 63.7 Å². The molecule has 1 aliphatic rings. The molecular weight excluding hydrogens is 551 g/mol. The first kappa shape index (κ1) is 28.6. The van der Waals surface area contributed by atoms with E-state index in [4.69, 9.17) is 9.47 Å². The van der Waals surface area contributed by atoms with Crippen molar-refractivity contribution in [3.8, 4) is 11.5 Å². The van der Waals surface area contributed by atoms with E-state index in [1.54, 1.807) is 11.4 Å². The van der Waals surface area contributed by atoms with Crippen LogP contribution in [0.25, 0.3) is 0 Å². The Kier molecular flexibility index (Phi) is 8.90. The molecule has 1 aliphatic heterocycles. The largest absolute Gasteiger partial charge is 0.454 e. The number of ether oxygens (including phenoxy) is 2. The normalized spacial score (nSPS) is 13.4. The first-order valence-electron chi connectivity index (χ1n) is 13.3. The summed E-state index contributed by atoms with van der Waals surface area (Å²) in [7, 11) is 0. The van der Waals surface area contributed by atoms with Gasteiger partial charge < -0.3 is 14.8 Å². The van der Waals surface area contributed by atoms with Gasteiger partial charge in [-0.25, -0.2) is 4.98 Å². The second-order valence-electron chi connectivity index (χ2n) is 10.1. The number of hydrogen-bond donors (Lipinski definition) is 1. The van der Waals surface area contributed by atoms with Gasteiger partial charge in [-0.2, -0.15) is 13.2 Å². The molecule has 41 heavy (non-hydrogen) atoms. The fourth-order valence-electron chi connectivity index (χ4n) is 4.65. The minimum absolute atomic E-state index is 0.0312. The predicted octanol–water partition coefficient (Wildman–Crippen LogP) is 6.84. The average Bonchev–Trinajstić information content (AvgIpc) is 3.62. The maximum atomic E-state index is 13.3. The number of carbonyl (C=O) groups is 1. The molecule has 3 aromatic carbocycles. The number of halogens is 3. The number of amides is 1. The summed E-state index contributed by atoms with van der Waals surface area (Å²) < 4.78 is 50.9. The van der Waals surface area contributed by atoms with Gasteiger partial charge >= 0.3 is 6.18 Å². The van der Waals surface area contributed by atoms with Crippen LogP contribution in [0, 0.1) is 0 Å². The van der Waals surface area contributed by atoms with Crippen molar-refractivity contribution in [2.45, 2.75) is 51.6 Å². The van der Waals surface area contributed by atoms with E-state index in [0.29, 0.717) is 40.9 Å². The lowest BCUT2D eigenvalue weighted by Gasteiger charge is -2.22. The van der Waals surface area contributed by atoms with Crippen LogP contribution < -0.4 is 14.8 Å². The number of aryl methyl sites for hydroxylation is 1. The Morgan fingerprint density at radius 2 is 1.68 bits per heavy atom. The third-order valence-electron chi connectivity index (χ3n) is 6.73. The van der Waals surface area contributed by atoms with Crippen LogP contribution in [-0.4, -0.2) is 28.6 Å². The van der Waals surface area contributed by atoms with Gasteiger partial charge in [-0.05, 0) is 54.7 Å². The van der Waals surface area contributed by atoms with Gasteiger partial charge in [0.2, 0.25) is 6.79 Å². The van der Waals surface area contributed by atoms with E-state index in [0.717, 1.165) is 24.5 Å². The van der Waals surface area contributed by atoms with Crippen molar-refractivity contribution < 1.29 is 27.4 Å². The number of nitrogens with zero attached hydrogens (tertiary/aromatic N) is 2. The molecule has 0 saturated carbocycles. The molecule has 6 nitrogen and oxygen atoms in total. The third kappa shape index (κ3) is 7.86. The number of fused-ring (bicyclic) bond motifs is 1. The zero-order chi connectivity index (χ0) is 28.8. The highest BCUT2D eigenvalue weighted by Gasteiger charge is 2.30. The smallest absolute Gasteiger partial charge is 0.416 e. The molecule has 0 bridgehead atoms. The number of thiazole rings is 1. The fourth-order valence-corrected chi connectivity index (χ4v) is 5.46. The van der Waals surface area contributed by atoms with Crippen LogP contribution in [0.2, 0.25) is 0 Å². The van der Waals surface area contributed by atoms with Gasteiger partial charge in [0.1, 0.15) is 10.7 Å². The van der Waals surface area contributed by atoms with Crippen LogP contribution in [-0.2, 0) is 32.2 Å². The summed E-state index contributed by atoms with van der Waals surface area (Å²) in [6.45, 7) is 3.17. The van der Waals surface area contributed by atoms with E-state index >= 15 is 0 Å². The summed E-state index contributed by atoms with van der Waals surface area (Å²) in [5.74, 6) is 1.05. The van der Waals surface area contributed by atoms with E-state index in [1.165, 1.54) is 29.0 Å². The fraction of sp³-hybridized carbons (Fsp3) is 0.290. The van der Waals surface area contributed by atoms with Gasteiger partial charge in [0.25, 0.3) is 5.91 Å². The Balaban J connectivity index is 1.26. The summed E-state index contributed by atoms with van der Waals surface area (Å²) in [5.41, 5.74) is 2.31. The lowest BCUT2D eigenvalue weighted by atomic mass is 10.1. The van der Waals surface area contributed by atoms with E-state index in [1.807, 2.05) is 48.2 Å². The second-order valence-corrected chi connectivity index (χ2v) is 11.0. The number of nitrogens with one attached hydrogen (secondary N) is 1. The summed E-state index contributed by atoms with van der Waals surface area (Å²) in [5, 5.41) is 5.43. The van der Waals surface area contributed by atoms with Crippen LogP contribution in [0.1, 0.15) is 51.1 Å². The lowest BCUT2D eigenvalue weighted by Crippen LogP contribution is -2.33. The first-order chi connectivity index (χ1) is 19.7. The second kappa shape index (κ2) is 12.7. The lowest BCUT2D eigenvalue weighted by molar-refractivity contribution is -0.137. The quantitative estimate of drug-likeness (QED) is 0.210. The molecule has 1 amide bonds. The van der Waals surface area contributed by atoms with Crippen LogP contribution in [0.3, 0.4) is 0 Å². The van der Waals surface area contributed by atoms with Gasteiger partial charge in [0.05, 0.1) is 12.1 Å². The number of hydrogen-bond acceptors (Lipinski definition) is 6. The highest BCUT2D eigenvalue weighted by atomic mass is 32.1. The molecule has 5 rings (SSSR count). The average molecular weight is 582 g/mol. The summed E-state index contributed by atoms with van der Waals surface area (Å²) in [6, 6.07) is 21.0. The number of benzene rings is 3. The van der Waals surface area contributed by atoms with E-state index in [-0.39, 0.29) is 25.3 Å². The SMILES string of the molecule is C[C@@H](CCc1ccccc1)NC(=O)c1csc(CN(Cc2cccc(C(F)(F)F)c2)Cc2ccc3c(c2)OCO3)n1.